The Kier molecular flexibility index (Phi) is 7.17. The monoisotopic (exact) mass is 257 g/mol. The first-order chi connectivity index (χ1) is 7.77. The van der Waals surface area contributed by atoms with Crippen molar-refractivity contribution in [2.75, 3.05) is 12.3 Å². The average molecular weight is 257 g/mol. The highest BCUT2D eigenvalue weighted by atomic mass is 32.2. The molecule has 0 aromatic carbocycles. The normalized spacial score (nSPS) is 14.9. The van der Waals surface area contributed by atoms with E-state index in [-0.39, 0.29) is 0 Å². The van der Waals surface area contributed by atoms with E-state index >= 15 is 0 Å². The first-order valence-electron chi connectivity index (χ1n) is 6.16. The van der Waals surface area contributed by atoms with Crippen LogP contribution >= 0.6 is 23.1 Å². The lowest BCUT2D eigenvalue weighted by Gasteiger charge is -2.18. The maximum Gasteiger partial charge on any atom is 0.0506 e. The summed E-state index contributed by atoms with van der Waals surface area (Å²) >= 11 is 3.94. The van der Waals surface area contributed by atoms with E-state index in [0.29, 0.717) is 6.04 Å². The zero-order valence-corrected chi connectivity index (χ0v) is 12.2. The fraction of sp³-hybridized carbons (Fsp3) is 0.692. The van der Waals surface area contributed by atoms with Gasteiger partial charge in [0, 0.05) is 15.9 Å². The summed E-state index contributed by atoms with van der Waals surface area (Å²) in [6.07, 6.45) is 2.46. The van der Waals surface area contributed by atoms with E-state index in [1.54, 1.807) is 0 Å². The molecule has 1 aromatic rings. The standard InChI is InChI=1S/C13H23NS2/c1-4-8-14-12(10-16-11(3)5-2)13-7-6-9-15-13/h6-7,9,11-12,14H,4-5,8,10H2,1-3H3. The van der Waals surface area contributed by atoms with Crippen LogP contribution in [0.4, 0.5) is 0 Å². The Morgan fingerprint density at radius 2 is 2.25 bits per heavy atom. The fourth-order valence-corrected chi connectivity index (χ4v) is 3.39. The fourth-order valence-electron chi connectivity index (χ4n) is 1.43. The summed E-state index contributed by atoms with van der Waals surface area (Å²) in [5.74, 6) is 1.19. The van der Waals surface area contributed by atoms with Crippen LogP contribution in [0.15, 0.2) is 17.5 Å². The van der Waals surface area contributed by atoms with Crippen LogP contribution in [0.25, 0.3) is 0 Å². The molecule has 2 unspecified atom stereocenters. The van der Waals surface area contributed by atoms with E-state index in [4.69, 9.17) is 0 Å². The smallest absolute Gasteiger partial charge is 0.0506 e. The molecule has 2 atom stereocenters. The molecule has 0 fully saturated rings. The third-order valence-corrected chi connectivity index (χ3v) is 5.06. The van der Waals surface area contributed by atoms with Crippen LogP contribution in [-0.2, 0) is 0 Å². The summed E-state index contributed by atoms with van der Waals surface area (Å²) in [5, 5.41) is 6.58. The van der Waals surface area contributed by atoms with Crippen LogP contribution in [0.1, 0.15) is 44.5 Å². The Labute approximate surface area is 108 Å². The minimum atomic E-state index is 0.541. The van der Waals surface area contributed by atoms with Gasteiger partial charge in [0.1, 0.15) is 0 Å². The summed E-state index contributed by atoms with van der Waals surface area (Å²) in [7, 11) is 0. The molecule has 1 aromatic heterocycles. The molecule has 3 heteroatoms. The highest BCUT2D eigenvalue weighted by molar-refractivity contribution is 7.99. The van der Waals surface area contributed by atoms with Crippen molar-refractivity contribution >= 4 is 23.1 Å². The van der Waals surface area contributed by atoms with Gasteiger partial charge < -0.3 is 5.32 Å². The van der Waals surface area contributed by atoms with Crippen LogP contribution < -0.4 is 5.32 Å². The van der Waals surface area contributed by atoms with Crippen molar-refractivity contribution in [1.82, 2.24) is 5.32 Å². The van der Waals surface area contributed by atoms with Gasteiger partial charge in [-0.25, -0.2) is 0 Å². The topological polar surface area (TPSA) is 12.0 Å². The number of hydrogen-bond donors (Lipinski definition) is 1. The van der Waals surface area contributed by atoms with Gasteiger partial charge in [0.15, 0.2) is 0 Å². The molecule has 0 aliphatic carbocycles. The van der Waals surface area contributed by atoms with E-state index in [0.717, 1.165) is 11.8 Å². The Hall–Kier alpha value is 0.01000. The first-order valence-corrected chi connectivity index (χ1v) is 8.09. The summed E-state index contributed by atoms with van der Waals surface area (Å²) in [6, 6.07) is 4.93. The van der Waals surface area contributed by atoms with Gasteiger partial charge in [0.05, 0.1) is 6.04 Å². The maximum absolute atomic E-state index is 3.64. The lowest BCUT2D eigenvalue weighted by Crippen LogP contribution is -2.24. The molecule has 1 heterocycles. The molecule has 0 spiro atoms. The lowest BCUT2D eigenvalue weighted by molar-refractivity contribution is 0.584. The third-order valence-electron chi connectivity index (χ3n) is 2.65. The third kappa shape index (κ3) is 4.89. The number of thiophene rings is 1. The molecular formula is C13H23NS2. The largest absolute Gasteiger partial charge is 0.309 e. The number of nitrogens with one attached hydrogen (secondary N) is 1. The quantitative estimate of drug-likeness (QED) is 0.744. The molecule has 92 valence electrons. The molecular weight excluding hydrogens is 234 g/mol. The summed E-state index contributed by atoms with van der Waals surface area (Å²) in [5.41, 5.74) is 0. The van der Waals surface area contributed by atoms with E-state index in [1.165, 1.54) is 23.5 Å². The minimum Gasteiger partial charge on any atom is -0.309 e. The van der Waals surface area contributed by atoms with Crippen LogP contribution in [0.3, 0.4) is 0 Å². The van der Waals surface area contributed by atoms with Gasteiger partial charge >= 0.3 is 0 Å². The first kappa shape index (κ1) is 14.1. The van der Waals surface area contributed by atoms with Gasteiger partial charge in [-0.1, -0.05) is 26.8 Å². The molecule has 0 saturated heterocycles. The molecule has 0 aliphatic rings. The van der Waals surface area contributed by atoms with Crippen molar-refractivity contribution in [3.05, 3.63) is 22.4 Å². The van der Waals surface area contributed by atoms with Crippen molar-refractivity contribution in [3.63, 3.8) is 0 Å². The predicted molar refractivity (Wildman–Crippen MR) is 77.6 cm³/mol. The highest BCUT2D eigenvalue weighted by Crippen LogP contribution is 2.25. The van der Waals surface area contributed by atoms with Crippen molar-refractivity contribution < 1.29 is 0 Å². The van der Waals surface area contributed by atoms with Crippen molar-refractivity contribution in [2.45, 2.75) is 44.9 Å². The van der Waals surface area contributed by atoms with Crippen LogP contribution in [0.2, 0.25) is 0 Å². The van der Waals surface area contributed by atoms with E-state index in [2.05, 4.69) is 55.4 Å². The highest BCUT2D eigenvalue weighted by Gasteiger charge is 2.12. The second-order valence-electron chi connectivity index (χ2n) is 4.07. The Morgan fingerprint density at radius 3 is 2.81 bits per heavy atom. The molecule has 1 nitrogen and oxygen atoms in total. The van der Waals surface area contributed by atoms with Gasteiger partial charge in [-0.2, -0.15) is 11.8 Å². The van der Waals surface area contributed by atoms with Crippen LogP contribution in [0.5, 0.6) is 0 Å². The van der Waals surface area contributed by atoms with Crippen molar-refractivity contribution in [3.8, 4) is 0 Å². The molecule has 0 amide bonds. The molecule has 0 aliphatic heterocycles. The van der Waals surface area contributed by atoms with Crippen molar-refractivity contribution in [1.29, 1.82) is 0 Å². The summed E-state index contributed by atoms with van der Waals surface area (Å²) in [4.78, 5) is 1.48. The second-order valence-corrected chi connectivity index (χ2v) is 6.53. The average Bonchev–Trinajstić information content (AvgIpc) is 2.82. The van der Waals surface area contributed by atoms with Gasteiger partial charge in [-0.05, 0) is 30.8 Å². The SMILES string of the molecule is CCCNC(CSC(C)CC)c1cccs1. The molecule has 0 saturated carbocycles. The predicted octanol–water partition coefficient (Wildman–Crippen LogP) is 4.32. The van der Waals surface area contributed by atoms with E-state index in [9.17, 15) is 0 Å². The van der Waals surface area contributed by atoms with Gasteiger partial charge in [0.2, 0.25) is 0 Å². The molecule has 1 N–H and O–H groups in total. The van der Waals surface area contributed by atoms with Gasteiger partial charge in [-0.3, -0.25) is 0 Å². The van der Waals surface area contributed by atoms with Crippen molar-refractivity contribution in [2.24, 2.45) is 0 Å². The Morgan fingerprint density at radius 1 is 1.44 bits per heavy atom. The maximum atomic E-state index is 3.64. The molecule has 0 radical (unpaired) electrons. The molecule has 0 bridgehead atoms. The van der Waals surface area contributed by atoms with Gasteiger partial charge in [0.25, 0.3) is 0 Å². The molecule has 16 heavy (non-hydrogen) atoms. The number of hydrogen-bond acceptors (Lipinski definition) is 3. The zero-order valence-electron chi connectivity index (χ0n) is 10.5. The number of thioether (sulfide) groups is 1. The summed E-state index contributed by atoms with van der Waals surface area (Å²) in [6.45, 7) is 7.91. The van der Waals surface area contributed by atoms with Gasteiger partial charge in [-0.15, -0.1) is 11.3 Å². The Balaban J connectivity index is 2.44. The second kappa shape index (κ2) is 8.15. The number of rotatable bonds is 8. The van der Waals surface area contributed by atoms with E-state index in [1.807, 2.05) is 11.3 Å². The summed E-state index contributed by atoms with van der Waals surface area (Å²) < 4.78 is 0. The van der Waals surface area contributed by atoms with E-state index < -0.39 is 0 Å². The molecule has 1 rings (SSSR count). The zero-order chi connectivity index (χ0) is 11.8. The van der Waals surface area contributed by atoms with Crippen LogP contribution in [-0.4, -0.2) is 17.5 Å². The Bertz CT molecular complexity index is 259. The minimum absolute atomic E-state index is 0.541. The van der Waals surface area contributed by atoms with Crippen LogP contribution in [0, 0.1) is 0 Å². The lowest BCUT2D eigenvalue weighted by atomic mass is 10.2.